The summed E-state index contributed by atoms with van der Waals surface area (Å²) in [5.74, 6) is 3.84. The fraction of sp³-hybridized carbons (Fsp3) is 0.765. The highest BCUT2D eigenvalue weighted by Gasteiger charge is 2.28. The van der Waals surface area contributed by atoms with Crippen LogP contribution >= 0.6 is 22.6 Å². The molecule has 19 heavy (non-hydrogen) atoms. The van der Waals surface area contributed by atoms with E-state index in [-0.39, 0.29) is 0 Å². The molecule has 2 rings (SSSR count). The molecule has 0 saturated carbocycles. The van der Waals surface area contributed by atoms with Crippen molar-refractivity contribution in [1.29, 1.82) is 0 Å². The number of ether oxygens (including phenoxy) is 1. The molecule has 0 bridgehead atoms. The molecule has 0 N–H and O–H groups in total. The maximum atomic E-state index is 5.33. The molecule has 0 heterocycles. The van der Waals surface area contributed by atoms with E-state index in [1.165, 1.54) is 37.9 Å². The minimum atomic E-state index is 0.745. The topological polar surface area (TPSA) is 9.23 Å². The fourth-order valence-electron chi connectivity index (χ4n) is 3.62. The molecule has 0 amide bonds. The van der Waals surface area contributed by atoms with Crippen molar-refractivity contribution in [2.45, 2.75) is 56.3 Å². The van der Waals surface area contributed by atoms with E-state index in [2.05, 4.69) is 48.6 Å². The highest BCUT2D eigenvalue weighted by Crippen LogP contribution is 2.38. The van der Waals surface area contributed by atoms with E-state index in [0.717, 1.165) is 28.1 Å². The molecule has 4 atom stereocenters. The Hall–Kier alpha value is 0.01000. The van der Waals surface area contributed by atoms with E-state index in [1.807, 2.05) is 0 Å². The monoisotopic (exact) mass is 374 g/mol. The minimum absolute atomic E-state index is 0.745. The number of methoxy groups -OCH3 is 1. The third kappa shape index (κ3) is 4.24. The molecule has 0 radical (unpaired) electrons. The average molecular weight is 374 g/mol. The Morgan fingerprint density at radius 2 is 2.16 bits per heavy atom. The van der Waals surface area contributed by atoms with Crippen LogP contribution in [0.1, 0.15) is 52.4 Å². The summed E-state index contributed by atoms with van der Waals surface area (Å²) in [5.41, 5.74) is 1.59. The smallest absolute Gasteiger partial charge is 0.0915 e. The Labute approximate surface area is 132 Å². The van der Waals surface area contributed by atoms with Gasteiger partial charge in [-0.05, 0) is 62.9 Å². The number of hydrogen-bond acceptors (Lipinski definition) is 1. The Balaban J connectivity index is 1.81. The van der Waals surface area contributed by atoms with Gasteiger partial charge in [-0.2, -0.15) is 0 Å². The van der Waals surface area contributed by atoms with Gasteiger partial charge >= 0.3 is 0 Å². The van der Waals surface area contributed by atoms with E-state index in [1.54, 1.807) is 12.7 Å². The zero-order valence-electron chi connectivity index (χ0n) is 12.5. The fourth-order valence-corrected chi connectivity index (χ4v) is 5.30. The molecule has 0 aliphatic heterocycles. The molecule has 0 aromatic heterocycles. The molecule has 2 unspecified atom stereocenters. The molecule has 2 aliphatic rings. The summed E-state index contributed by atoms with van der Waals surface area (Å²) in [4.78, 5) is 0. The Bertz CT molecular complexity index is 358. The Morgan fingerprint density at radius 3 is 2.74 bits per heavy atom. The van der Waals surface area contributed by atoms with Crippen molar-refractivity contribution in [3.63, 3.8) is 0 Å². The van der Waals surface area contributed by atoms with Crippen molar-refractivity contribution >= 4 is 22.6 Å². The maximum absolute atomic E-state index is 5.33. The van der Waals surface area contributed by atoms with Gasteiger partial charge in [0.15, 0.2) is 0 Å². The summed E-state index contributed by atoms with van der Waals surface area (Å²) in [6.07, 6.45) is 12.6. The second-order valence-electron chi connectivity index (χ2n) is 6.40. The molecule has 108 valence electrons. The lowest BCUT2D eigenvalue weighted by Crippen LogP contribution is -2.26. The van der Waals surface area contributed by atoms with Gasteiger partial charge < -0.3 is 4.74 Å². The Kier molecular flexibility index (Phi) is 5.79. The molecule has 1 nitrogen and oxygen atoms in total. The minimum Gasteiger partial charge on any atom is -0.501 e. The van der Waals surface area contributed by atoms with E-state index >= 15 is 0 Å². The Morgan fingerprint density at radius 1 is 1.37 bits per heavy atom. The van der Waals surface area contributed by atoms with Crippen LogP contribution in [0.4, 0.5) is 0 Å². The lowest BCUT2D eigenvalue weighted by molar-refractivity contribution is 0.240. The number of halogens is 1. The molecule has 0 aromatic rings. The lowest BCUT2D eigenvalue weighted by Gasteiger charge is -2.33. The first-order chi connectivity index (χ1) is 9.10. The SMILES string of the molecule is COC1=CC[C@@H](CC[C@@H]2C(I)C=C(C)CC2C)CC1. The van der Waals surface area contributed by atoms with Gasteiger partial charge in [0.1, 0.15) is 0 Å². The van der Waals surface area contributed by atoms with Crippen molar-refractivity contribution in [3.05, 3.63) is 23.5 Å². The van der Waals surface area contributed by atoms with Gasteiger partial charge in [0.25, 0.3) is 0 Å². The van der Waals surface area contributed by atoms with Crippen molar-refractivity contribution in [1.82, 2.24) is 0 Å². The van der Waals surface area contributed by atoms with Crippen molar-refractivity contribution in [2.75, 3.05) is 7.11 Å². The predicted molar refractivity (Wildman–Crippen MR) is 90.5 cm³/mol. The number of allylic oxidation sites excluding steroid dienone is 4. The van der Waals surface area contributed by atoms with Crippen LogP contribution in [0.15, 0.2) is 23.5 Å². The zero-order valence-corrected chi connectivity index (χ0v) is 14.7. The molecule has 0 spiro atoms. The van der Waals surface area contributed by atoms with Crippen molar-refractivity contribution in [3.8, 4) is 0 Å². The highest BCUT2D eigenvalue weighted by atomic mass is 127. The quantitative estimate of drug-likeness (QED) is 0.359. The first kappa shape index (κ1) is 15.4. The van der Waals surface area contributed by atoms with Crippen LogP contribution in [-0.2, 0) is 4.74 Å². The van der Waals surface area contributed by atoms with Crippen molar-refractivity contribution < 1.29 is 4.74 Å². The van der Waals surface area contributed by atoms with Gasteiger partial charge in [0.2, 0.25) is 0 Å². The molecule has 2 aliphatic carbocycles. The summed E-state index contributed by atoms with van der Waals surface area (Å²) in [5, 5.41) is 0. The van der Waals surface area contributed by atoms with Crippen LogP contribution in [0.5, 0.6) is 0 Å². The van der Waals surface area contributed by atoms with Crippen LogP contribution in [0.3, 0.4) is 0 Å². The molecular formula is C17H27IO. The lowest BCUT2D eigenvalue weighted by atomic mass is 9.76. The number of alkyl halides is 1. The number of hydrogen-bond donors (Lipinski definition) is 0. The summed E-state index contributed by atoms with van der Waals surface area (Å²) in [6.45, 7) is 4.73. The summed E-state index contributed by atoms with van der Waals surface area (Å²) in [6, 6.07) is 0. The summed E-state index contributed by atoms with van der Waals surface area (Å²) >= 11 is 2.64. The molecule has 0 aromatic carbocycles. The van der Waals surface area contributed by atoms with Crippen LogP contribution in [0, 0.1) is 17.8 Å². The van der Waals surface area contributed by atoms with Gasteiger partial charge in [-0.3, -0.25) is 0 Å². The first-order valence-electron chi connectivity index (χ1n) is 7.64. The molecule has 2 heteroatoms. The molecule has 0 fully saturated rings. The largest absolute Gasteiger partial charge is 0.501 e. The average Bonchev–Trinajstić information content (AvgIpc) is 2.38. The van der Waals surface area contributed by atoms with Crippen LogP contribution in [0.25, 0.3) is 0 Å². The van der Waals surface area contributed by atoms with Crippen LogP contribution in [-0.4, -0.2) is 11.0 Å². The van der Waals surface area contributed by atoms with E-state index < -0.39 is 0 Å². The van der Waals surface area contributed by atoms with Crippen molar-refractivity contribution in [2.24, 2.45) is 17.8 Å². The third-order valence-electron chi connectivity index (χ3n) is 4.88. The number of rotatable bonds is 4. The summed E-state index contributed by atoms with van der Waals surface area (Å²) < 4.78 is 6.08. The van der Waals surface area contributed by atoms with E-state index in [4.69, 9.17) is 4.74 Å². The van der Waals surface area contributed by atoms with Gasteiger partial charge in [-0.15, -0.1) is 0 Å². The van der Waals surface area contributed by atoms with E-state index in [0.29, 0.717) is 0 Å². The molecule has 0 saturated heterocycles. The van der Waals surface area contributed by atoms with Gasteiger partial charge in [0.05, 0.1) is 12.9 Å². The third-order valence-corrected chi connectivity index (χ3v) is 6.16. The van der Waals surface area contributed by atoms with Gasteiger partial charge in [0, 0.05) is 10.3 Å². The van der Waals surface area contributed by atoms with E-state index in [9.17, 15) is 0 Å². The molecular weight excluding hydrogens is 347 g/mol. The van der Waals surface area contributed by atoms with Crippen LogP contribution in [0.2, 0.25) is 0 Å². The zero-order chi connectivity index (χ0) is 13.8. The second-order valence-corrected chi connectivity index (χ2v) is 7.83. The standard InChI is InChI=1S/C17H27IO/c1-12-10-13(2)16(17(18)11-12)9-6-14-4-7-15(19-3)8-5-14/h7,11,13-14,16-17H,4-6,8-10H2,1-3H3/t13?,14-,16+,17?/m1/s1. The summed E-state index contributed by atoms with van der Waals surface area (Å²) in [7, 11) is 1.80. The predicted octanol–water partition coefficient (Wildman–Crippen LogP) is 5.50. The van der Waals surface area contributed by atoms with Gasteiger partial charge in [-0.1, -0.05) is 41.2 Å². The van der Waals surface area contributed by atoms with Gasteiger partial charge in [-0.25, -0.2) is 0 Å². The highest BCUT2D eigenvalue weighted by molar-refractivity contribution is 14.1. The second kappa shape index (κ2) is 7.14. The maximum Gasteiger partial charge on any atom is 0.0915 e. The normalized spacial score (nSPS) is 35.6. The first-order valence-corrected chi connectivity index (χ1v) is 8.89. The van der Waals surface area contributed by atoms with Crippen LogP contribution < -0.4 is 0 Å².